The second-order valence-corrected chi connectivity index (χ2v) is 7.01. The Balaban J connectivity index is 1.49. The van der Waals surface area contributed by atoms with E-state index in [0.717, 1.165) is 0 Å². The number of aryl methyl sites for hydroxylation is 1. The summed E-state index contributed by atoms with van der Waals surface area (Å²) >= 11 is 6.35. The molecule has 0 aliphatic carbocycles. The van der Waals surface area contributed by atoms with E-state index in [1.165, 1.54) is 28.9 Å². The molecule has 0 radical (unpaired) electrons. The highest BCUT2D eigenvalue weighted by molar-refractivity contribution is 6.33. The van der Waals surface area contributed by atoms with Gasteiger partial charge >= 0.3 is 5.97 Å². The summed E-state index contributed by atoms with van der Waals surface area (Å²) in [5.41, 5.74) is 1.63. The normalized spacial score (nSPS) is 10.9. The third kappa shape index (κ3) is 4.33. The SMILES string of the molecule is CCOc1ccccc1-c1noc(COC(=O)c2c(C)nn(-c3ccc(F)cc3)c2Cl)n1. The Bertz CT molecular complexity index is 1250. The Kier molecular flexibility index (Phi) is 6.18. The van der Waals surface area contributed by atoms with Gasteiger partial charge in [-0.2, -0.15) is 10.1 Å². The van der Waals surface area contributed by atoms with Crippen LogP contribution in [0.3, 0.4) is 0 Å². The van der Waals surface area contributed by atoms with Gasteiger partial charge in [0.2, 0.25) is 5.82 Å². The summed E-state index contributed by atoms with van der Waals surface area (Å²) in [5, 5.41) is 8.24. The molecule has 0 aliphatic heterocycles. The predicted molar refractivity (Wildman–Crippen MR) is 113 cm³/mol. The van der Waals surface area contributed by atoms with Crippen LogP contribution < -0.4 is 4.74 Å². The molecule has 4 rings (SSSR count). The Morgan fingerprint density at radius 2 is 1.94 bits per heavy atom. The number of benzene rings is 2. The molecular formula is C22H18ClFN4O4. The van der Waals surface area contributed by atoms with Crippen molar-refractivity contribution in [1.82, 2.24) is 19.9 Å². The number of esters is 1. The van der Waals surface area contributed by atoms with Gasteiger partial charge in [0.15, 0.2) is 6.61 Å². The fourth-order valence-corrected chi connectivity index (χ4v) is 3.39. The molecule has 0 aliphatic rings. The zero-order chi connectivity index (χ0) is 22.7. The first-order chi connectivity index (χ1) is 15.5. The van der Waals surface area contributed by atoms with Crippen molar-refractivity contribution in [1.29, 1.82) is 0 Å². The molecule has 2 aromatic heterocycles. The molecule has 32 heavy (non-hydrogen) atoms. The highest BCUT2D eigenvalue weighted by Gasteiger charge is 2.23. The van der Waals surface area contributed by atoms with Crippen LogP contribution in [0, 0.1) is 12.7 Å². The monoisotopic (exact) mass is 456 g/mol. The quantitative estimate of drug-likeness (QED) is 0.369. The maximum atomic E-state index is 13.2. The van der Waals surface area contributed by atoms with E-state index in [-0.39, 0.29) is 23.2 Å². The van der Waals surface area contributed by atoms with Gasteiger partial charge in [-0.3, -0.25) is 0 Å². The van der Waals surface area contributed by atoms with Gasteiger partial charge in [0.1, 0.15) is 22.3 Å². The number of nitrogens with zero attached hydrogens (tertiary/aromatic N) is 4. The lowest BCUT2D eigenvalue weighted by Gasteiger charge is -2.06. The number of carbonyl (C=O) groups is 1. The molecule has 8 nitrogen and oxygen atoms in total. The van der Waals surface area contributed by atoms with E-state index in [1.807, 2.05) is 19.1 Å². The minimum atomic E-state index is -0.699. The number of ether oxygens (including phenoxy) is 2. The summed E-state index contributed by atoms with van der Waals surface area (Å²) < 4.78 is 30.6. The van der Waals surface area contributed by atoms with E-state index in [4.69, 9.17) is 25.6 Å². The van der Waals surface area contributed by atoms with Crippen molar-refractivity contribution >= 4 is 17.6 Å². The number of rotatable bonds is 7. The van der Waals surface area contributed by atoms with Crippen molar-refractivity contribution in [2.75, 3.05) is 6.61 Å². The Morgan fingerprint density at radius 3 is 2.69 bits per heavy atom. The van der Waals surface area contributed by atoms with Crippen molar-refractivity contribution in [2.24, 2.45) is 0 Å². The van der Waals surface area contributed by atoms with E-state index >= 15 is 0 Å². The van der Waals surface area contributed by atoms with Crippen LogP contribution in [-0.4, -0.2) is 32.5 Å². The van der Waals surface area contributed by atoms with E-state index < -0.39 is 11.8 Å². The van der Waals surface area contributed by atoms with Crippen LogP contribution >= 0.6 is 11.6 Å². The first kappa shape index (κ1) is 21.5. The second-order valence-electron chi connectivity index (χ2n) is 6.66. The molecule has 10 heteroatoms. The van der Waals surface area contributed by atoms with Gasteiger partial charge in [0.05, 0.1) is 23.6 Å². The van der Waals surface area contributed by atoms with Crippen molar-refractivity contribution in [3.63, 3.8) is 0 Å². The Hall–Kier alpha value is -3.72. The maximum absolute atomic E-state index is 13.2. The van der Waals surface area contributed by atoms with Crippen LogP contribution in [0.25, 0.3) is 17.1 Å². The summed E-state index contributed by atoms with van der Waals surface area (Å²) in [6, 6.07) is 12.8. The summed E-state index contributed by atoms with van der Waals surface area (Å²) in [7, 11) is 0. The Labute approximate surface area is 187 Å². The molecule has 0 saturated carbocycles. The summed E-state index contributed by atoms with van der Waals surface area (Å²) in [6.45, 7) is 3.74. The van der Waals surface area contributed by atoms with Gasteiger partial charge in [-0.05, 0) is 50.2 Å². The lowest BCUT2D eigenvalue weighted by molar-refractivity contribution is 0.0429. The number of halogens is 2. The molecule has 2 heterocycles. The molecule has 0 amide bonds. The standard InChI is InChI=1S/C22H18ClFN4O4/c1-3-30-17-7-5-4-6-16(17)21-25-18(32-27-21)12-31-22(29)19-13(2)26-28(20(19)23)15-10-8-14(24)9-11-15/h4-11H,3,12H2,1-2H3. The molecule has 0 unspecified atom stereocenters. The first-order valence-corrected chi connectivity index (χ1v) is 10.1. The summed E-state index contributed by atoms with van der Waals surface area (Å²) in [4.78, 5) is 16.9. The lowest BCUT2D eigenvalue weighted by Crippen LogP contribution is -2.07. The molecule has 0 N–H and O–H groups in total. The zero-order valence-electron chi connectivity index (χ0n) is 17.2. The molecule has 0 spiro atoms. The van der Waals surface area contributed by atoms with E-state index in [2.05, 4.69) is 15.2 Å². The number of hydrogen-bond donors (Lipinski definition) is 0. The fourth-order valence-electron chi connectivity index (χ4n) is 3.04. The smallest absolute Gasteiger partial charge is 0.343 e. The highest BCUT2D eigenvalue weighted by Crippen LogP contribution is 2.28. The molecule has 0 saturated heterocycles. The summed E-state index contributed by atoms with van der Waals surface area (Å²) in [5.74, 6) is -0.0423. The van der Waals surface area contributed by atoms with Crippen LogP contribution in [0.15, 0.2) is 53.1 Å². The third-order valence-electron chi connectivity index (χ3n) is 4.50. The van der Waals surface area contributed by atoms with Crippen LogP contribution in [0.4, 0.5) is 4.39 Å². The molecule has 0 bridgehead atoms. The largest absolute Gasteiger partial charge is 0.493 e. The fraction of sp³-hybridized carbons (Fsp3) is 0.182. The van der Waals surface area contributed by atoms with Crippen molar-refractivity contribution in [2.45, 2.75) is 20.5 Å². The van der Waals surface area contributed by atoms with Crippen molar-refractivity contribution in [3.05, 3.63) is 76.6 Å². The average molecular weight is 457 g/mol. The van der Waals surface area contributed by atoms with E-state index in [0.29, 0.717) is 35.1 Å². The molecule has 0 atom stereocenters. The molecule has 4 aromatic rings. The van der Waals surface area contributed by atoms with Gasteiger partial charge in [0.25, 0.3) is 5.89 Å². The number of carbonyl (C=O) groups excluding carboxylic acids is 1. The van der Waals surface area contributed by atoms with E-state index in [9.17, 15) is 9.18 Å². The van der Waals surface area contributed by atoms with Gasteiger partial charge in [-0.15, -0.1) is 0 Å². The molecule has 164 valence electrons. The minimum Gasteiger partial charge on any atom is -0.493 e. The minimum absolute atomic E-state index is 0.0518. The maximum Gasteiger partial charge on any atom is 0.343 e. The van der Waals surface area contributed by atoms with Crippen LogP contribution in [-0.2, 0) is 11.3 Å². The lowest BCUT2D eigenvalue weighted by atomic mass is 10.2. The number of aromatic nitrogens is 4. The highest BCUT2D eigenvalue weighted by atomic mass is 35.5. The number of para-hydroxylation sites is 1. The topological polar surface area (TPSA) is 92.3 Å². The summed E-state index contributed by atoms with van der Waals surface area (Å²) in [6.07, 6.45) is 0. The van der Waals surface area contributed by atoms with Crippen molar-refractivity contribution in [3.8, 4) is 22.8 Å². The third-order valence-corrected chi connectivity index (χ3v) is 4.85. The predicted octanol–water partition coefficient (Wildman–Crippen LogP) is 4.78. The average Bonchev–Trinajstić information content (AvgIpc) is 3.37. The first-order valence-electron chi connectivity index (χ1n) is 9.71. The van der Waals surface area contributed by atoms with Gasteiger partial charge < -0.3 is 14.0 Å². The molecule has 0 fully saturated rings. The molecule has 2 aromatic carbocycles. The van der Waals surface area contributed by atoms with Crippen LogP contribution in [0.5, 0.6) is 5.75 Å². The zero-order valence-corrected chi connectivity index (χ0v) is 18.0. The van der Waals surface area contributed by atoms with E-state index in [1.54, 1.807) is 19.1 Å². The van der Waals surface area contributed by atoms with Crippen LogP contribution in [0.2, 0.25) is 5.15 Å². The second kappa shape index (κ2) is 9.19. The number of hydrogen-bond acceptors (Lipinski definition) is 7. The Morgan fingerprint density at radius 1 is 1.19 bits per heavy atom. The van der Waals surface area contributed by atoms with Crippen molar-refractivity contribution < 1.29 is 23.2 Å². The van der Waals surface area contributed by atoms with Gasteiger partial charge in [0, 0.05) is 0 Å². The van der Waals surface area contributed by atoms with Crippen LogP contribution in [0.1, 0.15) is 28.9 Å². The van der Waals surface area contributed by atoms with Gasteiger partial charge in [-0.1, -0.05) is 28.9 Å². The van der Waals surface area contributed by atoms with Gasteiger partial charge in [-0.25, -0.2) is 13.9 Å². The molecular weight excluding hydrogens is 439 g/mol.